The van der Waals surface area contributed by atoms with Crippen LogP contribution < -0.4 is 0 Å². The molecule has 0 aromatic rings. The molecule has 0 aromatic heterocycles. The highest BCUT2D eigenvalue weighted by Crippen LogP contribution is 2.13. The van der Waals surface area contributed by atoms with Gasteiger partial charge in [0.05, 0.1) is 0 Å². The van der Waals surface area contributed by atoms with Crippen molar-refractivity contribution in [2.75, 3.05) is 6.67 Å². The highest BCUT2D eigenvalue weighted by molar-refractivity contribution is 7.73. The van der Waals surface area contributed by atoms with Crippen LogP contribution in [-0.4, -0.2) is 20.3 Å². The number of halogens is 3. The molecule has 6 heteroatoms. The Morgan fingerprint density at radius 3 is 1.75 bits per heavy atom. The molecule has 0 amide bonds. The SMILES string of the molecule is O=[SH](=O)C(F)(F)CF. The van der Waals surface area contributed by atoms with Gasteiger partial charge in [-0.15, -0.1) is 0 Å². The first-order chi connectivity index (χ1) is 3.50. The molecule has 50 valence electrons. The Bertz CT molecular complexity index is 132. The summed E-state index contributed by atoms with van der Waals surface area (Å²) in [6.07, 6.45) is 0. The van der Waals surface area contributed by atoms with E-state index in [0.29, 0.717) is 0 Å². The van der Waals surface area contributed by atoms with Gasteiger partial charge in [0.1, 0.15) is 0 Å². The monoisotopic (exact) mass is 148 g/mol. The normalized spacial score (nSPS) is 12.5. The van der Waals surface area contributed by atoms with Gasteiger partial charge in [-0.25, -0.2) is 12.8 Å². The quantitative estimate of drug-likeness (QED) is 0.566. The maximum Gasteiger partial charge on any atom is 0.370 e. The van der Waals surface area contributed by atoms with E-state index in [9.17, 15) is 21.6 Å². The molecule has 0 radical (unpaired) electrons. The van der Waals surface area contributed by atoms with Gasteiger partial charge in [-0.05, 0) is 0 Å². The first-order valence-corrected chi connectivity index (χ1v) is 2.77. The van der Waals surface area contributed by atoms with E-state index in [1.807, 2.05) is 0 Å². The van der Waals surface area contributed by atoms with Crippen molar-refractivity contribution in [3.05, 3.63) is 0 Å². The van der Waals surface area contributed by atoms with Crippen molar-refractivity contribution in [2.45, 2.75) is 5.25 Å². The minimum absolute atomic E-state index is 2.15. The van der Waals surface area contributed by atoms with Crippen LogP contribution in [-0.2, 0) is 10.7 Å². The Balaban J connectivity index is 4.13. The van der Waals surface area contributed by atoms with Gasteiger partial charge in [0.2, 0.25) is 10.7 Å². The maximum absolute atomic E-state index is 11.3. The van der Waals surface area contributed by atoms with Gasteiger partial charge in [0.25, 0.3) is 0 Å². The Hall–Kier alpha value is -0.260. The predicted octanol–water partition coefficient (Wildman–Crippen LogP) is 0.160. The molecule has 0 saturated heterocycles. The molecular weight excluding hydrogens is 145 g/mol. The van der Waals surface area contributed by atoms with E-state index < -0.39 is 22.6 Å². The van der Waals surface area contributed by atoms with Gasteiger partial charge < -0.3 is 0 Å². The number of hydrogen-bond donors (Lipinski definition) is 1. The number of hydrogen-bond acceptors (Lipinski definition) is 2. The van der Waals surface area contributed by atoms with E-state index in [4.69, 9.17) is 0 Å². The van der Waals surface area contributed by atoms with Crippen LogP contribution in [0, 0.1) is 0 Å². The zero-order chi connectivity index (χ0) is 6.78. The van der Waals surface area contributed by atoms with Gasteiger partial charge in [-0.2, -0.15) is 8.78 Å². The van der Waals surface area contributed by atoms with Crippen molar-refractivity contribution in [3.63, 3.8) is 0 Å². The summed E-state index contributed by atoms with van der Waals surface area (Å²) in [7, 11) is -3.95. The maximum atomic E-state index is 11.3. The van der Waals surface area contributed by atoms with Gasteiger partial charge >= 0.3 is 5.25 Å². The van der Waals surface area contributed by atoms with Crippen molar-refractivity contribution < 1.29 is 21.6 Å². The minimum atomic E-state index is -4.17. The van der Waals surface area contributed by atoms with Crippen LogP contribution in [0.5, 0.6) is 0 Å². The van der Waals surface area contributed by atoms with E-state index in [1.165, 1.54) is 0 Å². The predicted molar refractivity (Wildman–Crippen MR) is 21.2 cm³/mol. The smallest absolute Gasteiger partial charge is 0.243 e. The fourth-order valence-electron chi connectivity index (χ4n) is 0.0488. The lowest BCUT2D eigenvalue weighted by Gasteiger charge is -1.99. The first kappa shape index (κ1) is 7.74. The first-order valence-electron chi connectivity index (χ1n) is 1.59. The molecule has 0 bridgehead atoms. The van der Waals surface area contributed by atoms with E-state index >= 15 is 0 Å². The summed E-state index contributed by atoms with van der Waals surface area (Å²) in [5, 5.41) is -4.17. The Labute approximate surface area is 45.3 Å². The second-order valence-electron chi connectivity index (χ2n) is 1.06. The average Bonchev–Trinajstić information content (AvgIpc) is 1.67. The van der Waals surface area contributed by atoms with Gasteiger partial charge in [0.15, 0.2) is 6.67 Å². The summed E-state index contributed by atoms with van der Waals surface area (Å²) in [6.45, 7) is -2.15. The van der Waals surface area contributed by atoms with Crippen molar-refractivity contribution in [1.29, 1.82) is 0 Å². The van der Waals surface area contributed by atoms with Crippen molar-refractivity contribution in [1.82, 2.24) is 0 Å². The molecule has 0 rings (SSSR count). The third kappa shape index (κ3) is 1.69. The highest BCUT2D eigenvalue weighted by atomic mass is 32.2. The second kappa shape index (κ2) is 2.34. The molecule has 0 aliphatic rings. The number of rotatable bonds is 2. The molecule has 0 aromatic carbocycles. The third-order valence-electron chi connectivity index (χ3n) is 0.428. The van der Waals surface area contributed by atoms with Crippen LogP contribution in [0.3, 0.4) is 0 Å². The van der Waals surface area contributed by atoms with E-state index in [-0.39, 0.29) is 0 Å². The molecule has 0 fully saturated rings. The zero-order valence-corrected chi connectivity index (χ0v) is 4.50. The molecule has 0 spiro atoms. The standard InChI is InChI=1S/C2H3F3O2S/c3-1-2(4,5)8(6)7/h8H,1H2. The summed E-state index contributed by atoms with van der Waals surface area (Å²) < 4.78 is 52.1. The van der Waals surface area contributed by atoms with Crippen LogP contribution >= 0.6 is 0 Å². The number of thiol groups is 1. The number of alkyl halides is 3. The van der Waals surface area contributed by atoms with Crippen LogP contribution in [0.2, 0.25) is 0 Å². The van der Waals surface area contributed by atoms with Crippen molar-refractivity contribution >= 4 is 10.7 Å². The Kier molecular flexibility index (Phi) is 2.26. The molecule has 0 aliphatic heterocycles. The van der Waals surface area contributed by atoms with Crippen LogP contribution in [0.4, 0.5) is 13.2 Å². The molecule has 2 nitrogen and oxygen atoms in total. The summed E-state index contributed by atoms with van der Waals surface area (Å²) in [6, 6.07) is 0. The van der Waals surface area contributed by atoms with Crippen LogP contribution in [0.15, 0.2) is 0 Å². The fourth-order valence-corrected chi connectivity index (χ4v) is 0.146. The van der Waals surface area contributed by atoms with Crippen LogP contribution in [0.1, 0.15) is 0 Å². The summed E-state index contributed by atoms with van der Waals surface area (Å²) in [5.74, 6) is 0. The summed E-state index contributed by atoms with van der Waals surface area (Å²) in [4.78, 5) is 0. The average molecular weight is 148 g/mol. The lowest BCUT2D eigenvalue weighted by Crippen LogP contribution is -2.19. The fraction of sp³-hybridized carbons (Fsp3) is 1.00. The third-order valence-corrected chi connectivity index (χ3v) is 1.08. The van der Waals surface area contributed by atoms with E-state index in [1.54, 1.807) is 0 Å². The zero-order valence-electron chi connectivity index (χ0n) is 3.60. The van der Waals surface area contributed by atoms with E-state index in [0.717, 1.165) is 0 Å². The van der Waals surface area contributed by atoms with Crippen molar-refractivity contribution in [3.8, 4) is 0 Å². The molecule has 0 heterocycles. The molecule has 8 heavy (non-hydrogen) atoms. The molecule has 0 saturated carbocycles. The molecule has 0 atom stereocenters. The largest absolute Gasteiger partial charge is 0.370 e. The lowest BCUT2D eigenvalue weighted by molar-refractivity contribution is 0.0660. The molecule has 0 N–H and O–H groups in total. The van der Waals surface area contributed by atoms with Crippen LogP contribution in [0.25, 0.3) is 0 Å². The lowest BCUT2D eigenvalue weighted by atomic mass is 10.8. The van der Waals surface area contributed by atoms with Crippen molar-refractivity contribution in [2.24, 2.45) is 0 Å². The topological polar surface area (TPSA) is 34.1 Å². The molecule has 0 unspecified atom stereocenters. The van der Waals surface area contributed by atoms with Gasteiger partial charge in [-0.3, -0.25) is 0 Å². The van der Waals surface area contributed by atoms with Gasteiger partial charge in [0, 0.05) is 0 Å². The molecule has 0 aliphatic carbocycles. The summed E-state index contributed by atoms with van der Waals surface area (Å²) >= 11 is 0. The highest BCUT2D eigenvalue weighted by Gasteiger charge is 2.32. The Morgan fingerprint density at radius 2 is 1.75 bits per heavy atom. The minimum Gasteiger partial charge on any atom is -0.243 e. The Morgan fingerprint density at radius 1 is 1.38 bits per heavy atom. The molecular formula is C2H3F3O2S. The van der Waals surface area contributed by atoms with Gasteiger partial charge in [-0.1, -0.05) is 0 Å². The van der Waals surface area contributed by atoms with E-state index in [2.05, 4.69) is 0 Å². The second-order valence-corrected chi connectivity index (χ2v) is 2.23. The summed E-state index contributed by atoms with van der Waals surface area (Å²) in [5.41, 5.74) is 0.